The molecule has 1 N–H and O–H groups in total. The maximum absolute atomic E-state index is 10.6. The molecule has 35 heavy (non-hydrogen) atoms. The number of phenolic OH excluding ortho intramolecular Hbond substituents is 1. The van der Waals surface area contributed by atoms with Crippen LogP contribution in [0.4, 0.5) is 0 Å². The number of phenols is 1. The first-order chi connectivity index (χ1) is 17.0. The summed E-state index contributed by atoms with van der Waals surface area (Å²) >= 11 is 0. The lowest BCUT2D eigenvalue weighted by atomic mass is 9.94. The molecule has 3 aromatic carbocycles. The molecule has 2 atom stereocenters. The van der Waals surface area contributed by atoms with Gasteiger partial charge in [0, 0.05) is 23.1 Å². The highest BCUT2D eigenvalue weighted by molar-refractivity contribution is 6.04. The third kappa shape index (κ3) is 3.75. The first-order valence-corrected chi connectivity index (χ1v) is 11.3. The highest BCUT2D eigenvalue weighted by Crippen LogP contribution is 2.52. The minimum Gasteiger partial charge on any atom is -0.507 e. The Bertz CT molecular complexity index is 1280. The van der Waals surface area contributed by atoms with Gasteiger partial charge in [-0.1, -0.05) is 23.8 Å². The molecule has 182 valence electrons. The molecule has 2 heterocycles. The molecule has 0 unspecified atom stereocenters. The van der Waals surface area contributed by atoms with E-state index in [2.05, 4.69) is 0 Å². The third-order valence-electron chi connectivity index (χ3n) is 6.44. The Hall–Kier alpha value is -4.07. The van der Waals surface area contributed by atoms with E-state index in [1.165, 1.54) is 0 Å². The second kappa shape index (κ2) is 8.94. The second-order valence-corrected chi connectivity index (χ2v) is 8.47. The topological polar surface area (TPSA) is 82.0 Å². The van der Waals surface area contributed by atoms with Gasteiger partial charge in [0.15, 0.2) is 23.0 Å². The monoisotopic (exact) mass is 476 g/mol. The summed E-state index contributed by atoms with van der Waals surface area (Å²) < 4.78 is 28.8. The third-order valence-corrected chi connectivity index (χ3v) is 6.44. The number of hydrogen-bond acceptors (Lipinski definition) is 8. The van der Waals surface area contributed by atoms with Crippen LogP contribution in [0, 0.1) is 6.92 Å². The van der Waals surface area contributed by atoms with Gasteiger partial charge in [-0.2, -0.15) is 5.10 Å². The second-order valence-electron chi connectivity index (χ2n) is 8.47. The Morgan fingerprint density at radius 1 is 0.914 bits per heavy atom. The zero-order valence-electron chi connectivity index (χ0n) is 20.4. The molecule has 8 heteroatoms. The molecule has 0 bridgehead atoms. The summed E-state index contributed by atoms with van der Waals surface area (Å²) in [5.74, 6) is 3.05. The Morgan fingerprint density at radius 3 is 2.29 bits per heavy atom. The van der Waals surface area contributed by atoms with Gasteiger partial charge in [-0.05, 0) is 37.3 Å². The summed E-state index contributed by atoms with van der Waals surface area (Å²) in [6, 6.07) is 15.0. The molecule has 2 aliphatic rings. The van der Waals surface area contributed by atoms with E-state index in [9.17, 15) is 5.11 Å². The molecule has 0 saturated heterocycles. The first kappa shape index (κ1) is 22.7. The standard InChI is InChI=1S/C27H28N2O6/c1-15-9-10-21(30)18(11-15)19-14-20-17-7-6-8-22(31-2)25(17)35-27(29(20)28-19)16-12-23(32-3)26(34-5)24(13-16)33-4/h6-13,20,27,30H,14H2,1-5H3/t20-,27+/m1/s1. The molecule has 0 amide bonds. The van der Waals surface area contributed by atoms with Crippen molar-refractivity contribution in [2.45, 2.75) is 25.6 Å². The molecule has 0 radical (unpaired) electrons. The fraction of sp³-hybridized carbons (Fsp3) is 0.296. The van der Waals surface area contributed by atoms with E-state index in [4.69, 9.17) is 28.8 Å². The van der Waals surface area contributed by atoms with E-state index in [0.717, 1.165) is 22.4 Å². The molecular weight excluding hydrogens is 448 g/mol. The molecule has 0 fully saturated rings. The van der Waals surface area contributed by atoms with Crippen molar-refractivity contribution in [3.8, 4) is 34.5 Å². The number of fused-ring (bicyclic) bond motifs is 3. The van der Waals surface area contributed by atoms with E-state index in [-0.39, 0.29) is 11.8 Å². The molecule has 0 saturated carbocycles. The smallest absolute Gasteiger partial charge is 0.214 e. The molecule has 2 aliphatic heterocycles. The molecule has 5 rings (SSSR count). The van der Waals surface area contributed by atoms with Crippen molar-refractivity contribution in [1.29, 1.82) is 0 Å². The number of nitrogens with zero attached hydrogens (tertiary/aromatic N) is 2. The van der Waals surface area contributed by atoms with Gasteiger partial charge < -0.3 is 28.8 Å². The van der Waals surface area contributed by atoms with Crippen LogP contribution in [-0.2, 0) is 0 Å². The fourth-order valence-electron chi connectivity index (χ4n) is 4.75. The van der Waals surface area contributed by atoms with Crippen LogP contribution >= 0.6 is 0 Å². The zero-order valence-corrected chi connectivity index (χ0v) is 20.4. The summed E-state index contributed by atoms with van der Waals surface area (Å²) in [4.78, 5) is 0. The van der Waals surface area contributed by atoms with Crippen molar-refractivity contribution in [3.05, 3.63) is 70.8 Å². The van der Waals surface area contributed by atoms with Crippen molar-refractivity contribution in [2.24, 2.45) is 5.10 Å². The van der Waals surface area contributed by atoms with Gasteiger partial charge in [-0.25, -0.2) is 5.01 Å². The van der Waals surface area contributed by atoms with Crippen LogP contribution in [0.2, 0.25) is 0 Å². The average molecular weight is 477 g/mol. The zero-order chi connectivity index (χ0) is 24.7. The van der Waals surface area contributed by atoms with E-state index < -0.39 is 6.23 Å². The number of hydrogen-bond donors (Lipinski definition) is 1. The molecule has 3 aromatic rings. The van der Waals surface area contributed by atoms with Crippen LogP contribution in [0.15, 0.2) is 53.6 Å². The fourth-order valence-corrected chi connectivity index (χ4v) is 4.75. The predicted octanol–water partition coefficient (Wildman–Crippen LogP) is 4.98. The van der Waals surface area contributed by atoms with E-state index in [1.807, 2.05) is 54.4 Å². The number of benzene rings is 3. The van der Waals surface area contributed by atoms with Gasteiger partial charge >= 0.3 is 0 Å². The summed E-state index contributed by atoms with van der Waals surface area (Å²) in [5, 5.41) is 17.5. The Kier molecular flexibility index (Phi) is 5.80. The summed E-state index contributed by atoms with van der Waals surface area (Å²) in [6.07, 6.45) is 0.00327. The van der Waals surface area contributed by atoms with Crippen LogP contribution in [0.5, 0.6) is 34.5 Å². The minimum atomic E-state index is -0.595. The summed E-state index contributed by atoms with van der Waals surface area (Å²) in [6.45, 7) is 1.99. The average Bonchev–Trinajstić information content (AvgIpc) is 3.33. The predicted molar refractivity (Wildman–Crippen MR) is 131 cm³/mol. The molecule has 0 aromatic heterocycles. The lowest BCUT2D eigenvalue weighted by Crippen LogP contribution is -2.34. The number of hydrazone groups is 1. The van der Waals surface area contributed by atoms with Gasteiger partial charge in [0.05, 0.1) is 40.2 Å². The Labute approximate surface area is 204 Å². The first-order valence-electron chi connectivity index (χ1n) is 11.3. The maximum Gasteiger partial charge on any atom is 0.214 e. The molecule has 0 aliphatic carbocycles. The van der Waals surface area contributed by atoms with Crippen LogP contribution in [0.1, 0.15) is 40.9 Å². The van der Waals surface area contributed by atoms with Gasteiger partial charge in [-0.3, -0.25) is 0 Å². The van der Waals surface area contributed by atoms with Gasteiger partial charge in [0.2, 0.25) is 12.0 Å². The largest absolute Gasteiger partial charge is 0.507 e. The number of ether oxygens (including phenoxy) is 5. The number of aromatic hydroxyl groups is 1. The van der Waals surface area contributed by atoms with Crippen molar-refractivity contribution < 1.29 is 28.8 Å². The lowest BCUT2D eigenvalue weighted by Gasteiger charge is -2.38. The van der Waals surface area contributed by atoms with Crippen molar-refractivity contribution in [3.63, 3.8) is 0 Å². The quantitative estimate of drug-likeness (QED) is 0.537. The van der Waals surface area contributed by atoms with Gasteiger partial charge in [-0.15, -0.1) is 0 Å². The number of methoxy groups -OCH3 is 4. The van der Waals surface area contributed by atoms with Crippen LogP contribution < -0.4 is 23.7 Å². The summed E-state index contributed by atoms with van der Waals surface area (Å²) in [7, 11) is 6.36. The number of para-hydroxylation sites is 1. The number of aryl methyl sites for hydroxylation is 1. The van der Waals surface area contributed by atoms with Crippen LogP contribution in [0.25, 0.3) is 0 Å². The van der Waals surface area contributed by atoms with Crippen LogP contribution in [0.3, 0.4) is 0 Å². The lowest BCUT2D eigenvalue weighted by molar-refractivity contribution is -0.0211. The molecule has 8 nitrogen and oxygen atoms in total. The van der Waals surface area contributed by atoms with Crippen LogP contribution in [-0.4, -0.2) is 44.3 Å². The van der Waals surface area contributed by atoms with Crippen molar-refractivity contribution in [2.75, 3.05) is 28.4 Å². The van der Waals surface area contributed by atoms with Crippen molar-refractivity contribution >= 4 is 5.71 Å². The van der Waals surface area contributed by atoms with Gasteiger partial charge in [0.25, 0.3) is 0 Å². The van der Waals surface area contributed by atoms with Gasteiger partial charge in [0.1, 0.15) is 5.75 Å². The van der Waals surface area contributed by atoms with E-state index in [0.29, 0.717) is 40.7 Å². The SMILES string of the molecule is COc1cc([C@@H]2Oc3c(OC)cccc3[C@H]3CC(c4cc(C)ccc4O)=NN32)cc(OC)c1OC. The Morgan fingerprint density at radius 2 is 1.63 bits per heavy atom. The van der Waals surface area contributed by atoms with E-state index >= 15 is 0 Å². The maximum atomic E-state index is 10.6. The number of rotatable bonds is 6. The summed E-state index contributed by atoms with van der Waals surface area (Å²) in [5.41, 5.74) is 4.30. The Balaban J connectivity index is 1.67. The van der Waals surface area contributed by atoms with E-state index in [1.54, 1.807) is 34.5 Å². The highest BCUT2D eigenvalue weighted by Gasteiger charge is 2.43. The minimum absolute atomic E-state index is 0.118. The van der Waals surface area contributed by atoms with Crippen molar-refractivity contribution in [1.82, 2.24) is 5.01 Å². The normalized spacial score (nSPS) is 18.2. The highest BCUT2D eigenvalue weighted by atomic mass is 16.5. The molecular formula is C27H28N2O6. The molecule has 0 spiro atoms.